The van der Waals surface area contributed by atoms with Gasteiger partial charge in [-0.1, -0.05) is 59.6 Å². The number of hydrogen-bond acceptors (Lipinski definition) is 5. The van der Waals surface area contributed by atoms with Crippen molar-refractivity contribution in [2.45, 2.75) is 6.61 Å². The summed E-state index contributed by atoms with van der Waals surface area (Å²) in [5, 5.41) is 1.51. The van der Waals surface area contributed by atoms with Crippen LogP contribution >= 0.6 is 50.5 Å². The maximum Gasteiger partial charge on any atom is 0.259 e. The minimum atomic E-state index is -0.196. The molecule has 0 amide bonds. The zero-order chi connectivity index (χ0) is 24.5. The van der Waals surface area contributed by atoms with E-state index in [4.69, 9.17) is 37.7 Å². The Morgan fingerprint density at radius 1 is 1.00 bits per heavy atom. The number of methoxy groups -OCH3 is 1. The van der Waals surface area contributed by atoms with Gasteiger partial charge in [-0.25, -0.2) is 4.98 Å². The summed E-state index contributed by atoms with van der Waals surface area (Å²) >= 11 is 17.2. The predicted octanol–water partition coefficient (Wildman–Crippen LogP) is 7.98. The van der Waals surface area contributed by atoms with Crippen LogP contribution in [0.5, 0.6) is 11.5 Å². The summed E-state index contributed by atoms with van der Waals surface area (Å²) < 4.78 is 12.3. The number of H-pyrrole nitrogens is 1. The second kappa shape index (κ2) is 10.0. The maximum absolute atomic E-state index is 12.9. The Kier molecular flexibility index (Phi) is 6.84. The Labute approximate surface area is 223 Å². The monoisotopic (exact) mass is 586 g/mol. The van der Waals surface area contributed by atoms with E-state index < -0.39 is 0 Å². The molecule has 3 aromatic carbocycles. The summed E-state index contributed by atoms with van der Waals surface area (Å²) in [6.45, 7) is 0.268. The lowest BCUT2D eigenvalue weighted by Gasteiger charge is -2.14. The number of benzene rings is 3. The Morgan fingerprint density at radius 3 is 2.54 bits per heavy atom. The topological polar surface area (TPSA) is 64.2 Å². The normalized spacial score (nSPS) is 11.1. The molecule has 2 aromatic heterocycles. The lowest BCUT2D eigenvalue weighted by atomic mass is 10.1. The van der Waals surface area contributed by atoms with Gasteiger partial charge in [-0.3, -0.25) is 4.79 Å². The Morgan fingerprint density at radius 2 is 1.80 bits per heavy atom. The molecule has 176 valence electrons. The number of nitrogens with one attached hydrogen (secondary N) is 1. The van der Waals surface area contributed by atoms with Crippen molar-refractivity contribution in [1.82, 2.24) is 9.97 Å². The molecule has 0 radical (unpaired) electrons. The van der Waals surface area contributed by atoms with Crippen molar-refractivity contribution in [2.24, 2.45) is 0 Å². The first-order valence-corrected chi connectivity index (χ1v) is 12.8. The first-order valence-electron chi connectivity index (χ1n) is 10.5. The molecular formula is C26H17BrCl2N2O3S. The van der Waals surface area contributed by atoms with Gasteiger partial charge in [0.15, 0.2) is 11.5 Å². The number of fused-ring (bicyclic) bond motifs is 1. The molecule has 0 aliphatic carbocycles. The van der Waals surface area contributed by atoms with Crippen LogP contribution in [0.1, 0.15) is 5.56 Å². The van der Waals surface area contributed by atoms with E-state index in [1.54, 1.807) is 25.3 Å². The second-order valence-electron chi connectivity index (χ2n) is 7.64. The standard InChI is InChI=1S/C26H17BrCl2N2O3S/c1-33-21-11-16(10-18(27)23(21)34-13-14-7-8-19(28)20(29)9-14)24-30-25(32)17-12-22(35-26(17)31-24)15-5-3-2-4-6-15/h2-12H,13H2,1H3,(H,30,31,32). The summed E-state index contributed by atoms with van der Waals surface area (Å²) in [7, 11) is 1.56. The average molecular weight is 588 g/mol. The van der Waals surface area contributed by atoms with Crippen LogP contribution in [-0.4, -0.2) is 17.1 Å². The Bertz CT molecular complexity index is 1600. The molecule has 0 atom stereocenters. The molecule has 0 fully saturated rings. The van der Waals surface area contributed by atoms with Crippen LogP contribution in [-0.2, 0) is 6.61 Å². The summed E-state index contributed by atoms with van der Waals surface area (Å²) in [6.07, 6.45) is 0. The number of nitrogens with zero attached hydrogens (tertiary/aromatic N) is 1. The van der Waals surface area contributed by atoms with E-state index in [-0.39, 0.29) is 12.2 Å². The number of aromatic amines is 1. The van der Waals surface area contributed by atoms with Gasteiger partial charge in [0.05, 0.1) is 27.0 Å². The van der Waals surface area contributed by atoms with Crippen molar-refractivity contribution in [3.05, 3.63) is 97.2 Å². The van der Waals surface area contributed by atoms with Gasteiger partial charge in [0.25, 0.3) is 5.56 Å². The van der Waals surface area contributed by atoms with Crippen LogP contribution in [0, 0.1) is 0 Å². The maximum atomic E-state index is 12.9. The van der Waals surface area contributed by atoms with Crippen LogP contribution < -0.4 is 15.0 Å². The first-order chi connectivity index (χ1) is 16.9. The van der Waals surface area contributed by atoms with Gasteiger partial charge in [0.2, 0.25) is 0 Å². The van der Waals surface area contributed by atoms with E-state index in [1.807, 2.05) is 48.5 Å². The molecule has 0 saturated carbocycles. The van der Waals surface area contributed by atoms with Crippen molar-refractivity contribution in [1.29, 1.82) is 0 Å². The lowest BCUT2D eigenvalue weighted by Crippen LogP contribution is -2.08. The van der Waals surface area contributed by atoms with E-state index in [0.717, 1.165) is 16.0 Å². The van der Waals surface area contributed by atoms with E-state index in [0.29, 0.717) is 47.6 Å². The summed E-state index contributed by atoms with van der Waals surface area (Å²) in [5.41, 5.74) is 2.40. The SMILES string of the molecule is COc1cc(-c2nc3sc(-c4ccccc4)cc3c(=O)[nH]2)cc(Br)c1OCc1ccc(Cl)c(Cl)c1. The molecule has 0 saturated heterocycles. The second-order valence-corrected chi connectivity index (χ2v) is 10.3. The van der Waals surface area contributed by atoms with E-state index in [1.165, 1.54) is 11.3 Å². The molecule has 0 unspecified atom stereocenters. The van der Waals surface area contributed by atoms with Crippen molar-refractivity contribution in [2.75, 3.05) is 7.11 Å². The molecule has 35 heavy (non-hydrogen) atoms. The van der Waals surface area contributed by atoms with Crippen LogP contribution in [0.4, 0.5) is 0 Å². The fourth-order valence-electron chi connectivity index (χ4n) is 3.59. The fraction of sp³-hybridized carbons (Fsp3) is 0.0769. The molecular weight excluding hydrogens is 571 g/mol. The minimum absolute atomic E-state index is 0.196. The molecule has 0 aliphatic heterocycles. The third-order valence-electron chi connectivity index (χ3n) is 5.33. The average Bonchev–Trinajstić information content (AvgIpc) is 3.30. The largest absolute Gasteiger partial charge is 0.493 e. The van der Waals surface area contributed by atoms with Crippen molar-refractivity contribution in [3.8, 4) is 33.3 Å². The first kappa shape index (κ1) is 23.9. The smallest absolute Gasteiger partial charge is 0.259 e. The number of thiophene rings is 1. The van der Waals surface area contributed by atoms with Gasteiger partial charge in [0, 0.05) is 10.4 Å². The molecule has 2 heterocycles. The van der Waals surface area contributed by atoms with Crippen LogP contribution in [0.3, 0.4) is 0 Å². The predicted molar refractivity (Wildman–Crippen MR) is 146 cm³/mol. The highest BCUT2D eigenvalue weighted by Crippen LogP contribution is 2.40. The quantitative estimate of drug-likeness (QED) is 0.219. The van der Waals surface area contributed by atoms with Gasteiger partial charge in [-0.05, 0) is 57.4 Å². The van der Waals surface area contributed by atoms with Crippen molar-refractivity contribution < 1.29 is 9.47 Å². The fourth-order valence-corrected chi connectivity index (χ4v) is 5.51. The third kappa shape index (κ3) is 4.95. The van der Waals surface area contributed by atoms with E-state index >= 15 is 0 Å². The molecule has 0 bridgehead atoms. The minimum Gasteiger partial charge on any atom is -0.493 e. The number of hydrogen-bond donors (Lipinski definition) is 1. The van der Waals surface area contributed by atoms with Crippen molar-refractivity contribution in [3.63, 3.8) is 0 Å². The molecule has 0 spiro atoms. The van der Waals surface area contributed by atoms with E-state index in [9.17, 15) is 4.79 Å². The van der Waals surface area contributed by atoms with Gasteiger partial charge in [-0.15, -0.1) is 11.3 Å². The Hall–Kier alpha value is -2.84. The van der Waals surface area contributed by atoms with E-state index in [2.05, 4.69) is 20.9 Å². The van der Waals surface area contributed by atoms with Gasteiger partial charge in [-0.2, -0.15) is 0 Å². The number of aromatic nitrogens is 2. The number of halogens is 3. The van der Waals surface area contributed by atoms with Gasteiger partial charge >= 0.3 is 0 Å². The lowest BCUT2D eigenvalue weighted by molar-refractivity contribution is 0.282. The van der Waals surface area contributed by atoms with Crippen LogP contribution in [0.15, 0.2) is 76.0 Å². The molecule has 5 nitrogen and oxygen atoms in total. The van der Waals surface area contributed by atoms with Crippen LogP contribution in [0.25, 0.3) is 32.0 Å². The van der Waals surface area contributed by atoms with Gasteiger partial charge < -0.3 is 14.5 Å². The molecule has 5 rings (SSSR count). The molecule has 0 aliphatic rings. The zero-order valence-electron chi connectivity index (χ0n) is 18.3. The highest BCUT2D eigenvalue weighted by molar-refractivity contribution is 9.10. The molecule has 1 N–H and O–H groups in total. The van der Waals surface area contributed by atoms with Crippen molar-refractivity contribution >= 4 is 60.7 Å². The number of ether oxygens (including phenoxy) is 2. The summed E-state index contributed by atoms with van der Waals surface area (Å²) in [4.78, 5) is 22.1. The summed E-state index contributed by atoms with van der Waals surface area (Å²) in [6, 6.07) is 20.7. The van der Waals surface area contributed by atoms with Crippen LogP contribution in [0.2, 0.25) is 10.0 Å². The zero-order valence-corrected chi connectivity index (χ0v) is 22.2. The number of rotatable bonds is 6. The molecule has 5 aromatic rings. The highest BCUT2D eigenvalue weighted by atomic mass is 79.9. The summed E-state index contributed by atoms with van der Waals surface area (Å²) in [5.74, 6) is 1.46. The Balaban J connectivity index is 1.48. The highest BCUT2D eigenvalue weighted by Gasteiger charge is 2.17. The molecule has 9 heteroatoms. The van der Waals surface area contributed by atoms with Gasteiger partial charge in [0.1, 0.15) is 17.3 Å². The third-order valence-corrected chi connectivity index (χ3v) is 7.74.